The molecule has 0 aliphatic carbocycles. The number of carbonyl (C=O) groups is 2. The molecule has 1 aromatic rings. The second-order valence-electron chi connectivity index (χ2n) is 2.56. The van der Waals surface area contributed by atoms with Gasteiger partial charge in [0.05, 0.1) is 11.9 Å². The summed E-state index contributed by atoms with van der Waals surface area (Å²) in [6, 6.07) is 2.36. The van der Waals surface area contributed by atoms with Crippen molar-refractivity contribution < 1.29 is 117 Å². The monoisotopic (exact) mass is 296 g/mol. The predicted octanol–water partition coefficient (Wildman–Crippen LogP) is -11.3. The van der Waals surface area contributed by atoms with E-state index in [9.17, 15) is 28.6 Å². The summed E-state index contributed by atoms with van der Waals surface area (Å²) in [5.41, 5.74) is -1.06. The minimum Gasteiger partial charge on any atom is -0.768 e. The van der Waals surface area contributed by atoms with Crippen molar-refractivity contribution in [3.63, 3.8) is 0 Å². The van der Waals surface area contributed by atoms with E-state index in [-0.39, 0.29) is 88.7 Å². The number of rotatable bonds is 3. The Kier molecular flexibility index (Phi) is 14.8. The second kappa shape index (κ2) is 11.0. The fraction of sp³-hybridized carbons (Fsp3) is 0. The zero-order valence-corrected chi connectivity index (χ0v) is 16.9. The van der Waals surface area contributed by atoms with Crippen LogP contribution in [0.4, 0.5) is 0 Å². The van der Waals surface area contributed by atoms with Crippen LogP contribution in [0.1, 0.15) is 20.7 Å². The van der Waals surface area contributed by atoms with Gasteiger partial charge in [-0.15, -0.1) is 0 Å². The number of carboxylic acid groups (broad SMARTS) is 2. The number of hydrogen-bond donors (Lipinski definition) is 0. The molecular weight excluding hydrogens is 293 g/mol. The Morgan fingerprint density at radius 2 is 1.22 bits per heavy atom. The fourth-order valence-corrected chi connectivity index (χ4v) is 1.38. The third-order valence-electron chi connectivity index (χ3n) is 1.57. The summed E-state index contributed by atoms with van der Waals surface area (Å²) in [6.45, 7) is 0. The third-order valence-corrected chi connectivity index (χ3v) is 2.19. The van der Waals surface area contributed by atoms with Crippen molar-refractivity contribution in [3.05, 3.63) is 29.3 Å². The molecule has 6 nitrogen and oxygen atoms in total. The maximum absolute atomic E-state index is 10.5. The van der Waals surface area contributed by atoms with E-state index in [0.717, 1.165) is 18.2 Å². The van der Waals surface area contributed by atoms with Crippen LogP contribution in [0, 0.1) is 0 Å². The molecule has 80 valence electrons. The van der Waals surface area contributed by atoms with Gasteiger partial charge in [-0.3, -0.25) is 4.21 Å². The van der Waals surface area contributed by atoms with Crippen molar-refractivity contribution in [1.82, 2.24) is 0 Å². The number of carbonyl (C=O) groups excluding carboxylic acids is 2. The minimum absolute atomic E-state index is 0. The zero-order chi connectivity index (χ0) is 11.6. The summed E-state index contributed by atoms with van der Waals surface area (Å²) in [4.78, 5) is 20.4. The smallest absolute Gasteiger partial charge is 0.768 e. The van der Waals surface area contributed by atoms with Crippen LogP contribution < -0.4 is 98.9 Å². The zero-order valence-electron chi connectivity index (χ0n) is 10.1. The maximum Gasteiger partial charge on any atom is 1.00 e. The van der Waals surface area contributed by atoms with Gasteiger partial charge in [-0.25, -0.2) is 0 Å². The first kappa shape index (κ1) is 24.3. The summed E-state index contributed by atoms with van der Waals surface area (Å²) in [6.07, 6.45) is 0. The fourth-order valence-electron chi connectivity index (χ4n) is 0.931. The van der Waals surface area contributed by atoms with Gasteiger partial charge in [-0.05, 0) is 40.4 Å². The average Bonchev–Trinajstić information content (AvgIpc) is 2.16. The minimum atomic E-state index is -2.71. The van der Waals surface area contributed by atoms with Crippen LogP contribution in [0.25, 0.3) is 0 Å². The molecule has 0 N–H and O–H groups in total. The van der Waals surface area contributed by atoms with Crippen molar-refractivity contribution >= 4 is 23.0 Å². The van der Waals surface area contributed by atoms with Gasteiger partial charge >= 0.3 is 88.7 Å². The molecular formula is C8H3Na3O6S. The van der Waals surface area contributed by atoms with Gasteiger partial charge in [0.1, 0.15) is 0 Å². The molecule has 18 heavy (non-hydrogen) atoms. The molecule has 0 aliphatic heterocycles. The predicted molar refractivity (Wildman–Crippen MR) is 42.3 cm³/mol. The van der Waals surface area contributed by atoms with Crippen LogP contribution >= 0.6 is 0 Å². The van der Waals surface area contributed by atoms with E-state index < -0.39 is 39.0 Å². The van der Waals surface area contributed by atoms with Crippen LogP contribution in [0.15, 0.2) is 23.1 Å². The summed E-state index contributed by atoms with van der Waals surface area (Å²) in [5.74, 6) is -3.32. The quantitative estimate of drug-likeness (QED) is 0.403. The number of hydrogen-bond acceptors (Lipinski definition) is 6. The van der Waals surface area contributed by atoms with Gasteiger partial charge < -0.3 is 24.4 Å². The van der Waals surface area contributed by atoms with Crippen molar-refractivity contribution in [1.29, 1.82) is 0 Å². The molecule has 0 bridgehead atoms. The van der Waals surface area contributed by atoms with Gasteiger partial charge in [0.25, 0.3) is 0 Å². The van der Waals surface area contributed by atoms with Crippen LogP contribution in [-0.2, 0) is 11.1 Å². The Morgan fingerprint density at radius 3 is 1.44 bits per heavy atom. The first-order chi connectivity index (χ1) is 6.91. The summed E-state index contributed by atoms with van der Waals surface area (Å²) < 4.78 is 21.0. The Bertz CT molecular complexity index is 385. The normalized spacial score (nSPS) is 10.1. The SMILES string of the molecule is O=C([O-])c1cc(C(=O)[O-])cc(S(=O)[O-])c1.[Na+].[Na+].[Na+]. The standard InChI is InChI=1S/C8H6O6S.3Na/c9-7(10)4-1-5(8(11)12)3-6(2-4)15(13)14;;;/h1-3H,(H,9,10)(H,11,12)(H,13,14);;;/q;3*+1/p-3. The summed E-state index contributed by atoms with van der Waals surface area (Å²) in [7, 11) is 0. The molecule has 0 heterocycles. The molecule has 1 atom stereocenters. The Morgan fingerprint density at radius 1 is 0.889 bits per heavy atom. The van der Waals surface area contributed by atoms with E-state index in [1.807, 2.05) is 0 Å². The average molecular weight is 296 g/mol. The van der Waals surface area contributed by atoms with Crippen LogP contribution in [-0.4, -0.2) is 20.7 Å². The Labute approximate surface area is 172 Å². The molecule has 1 rings (SSSR count). The Hall–Kier alpha value is 1.27. The van der Waals surface area contributed by atoms with Crippen molar-refractivity contribution in [2.75, 3.05) is 0 Å². The van der Waals surface area contributed by atoms with E-state index in [1.165, 1.54) is 0 Å². The topological polar surface area (TPSA) is 120 Å². The Balaban J connectivity index is -0.000000750. The largest absolute Gasteiger partial charge is 1.00 e. The maximum atomic E-state index is 10.5. The molecule has 0 fully saturated rings. The van der Waals surface area contributed by atoms with E-state index in [1.54, 1.807) is 0 Å². The molecule has 0 aromatic heterocycles. The van der Waals surface area contributed by atoms with Crippen LogP contribution in [0.2, 0.25) is 0 Å². The molecule has 0 saturated carbocycles. The van der Waals surface area contributed by atoms with Gasteiger partial charge in [0.2, 0.25) is 0 Å². The first-order valence-corrected chi connectivity index (χ1v) is 4.66. The molecule has 0 saturated heterocycles. The van der Waals surface area contributed by atoms with E-state index >= 15 is 0 Å². The second-order valence-corrected chi connectivity index (χ2v) is 3.50. The van der Waals surface area contributed by atoms with E-state index in [4.69, 9.17) is 0 Å². The van der Waals surface area contributed by atoms with Gasteiger partial charge in [0, 0.05) is 4.90 Å². The van der Waals surface area contributed by atoms with Crippen molar-refractivity contribution in [2.24, 2.45) is 0 Å². The third kappa shape index (κ3) is 7.16. The van der Waals surface area contributed by atoms with Crippen molar-refractivity contribution in [2.45, 2.75) is 4.90 Å². The van der Waals surface area contributed by atoms with E-state index in [0.29, 0.717) is 0 Å². The number of benzene rings is 1. The molecule has 10 heteroatoms. The first-order valence-electron chi connectivity index (χ1n) is 3.59. The molecule has 0 radical (unpaired) electrons. The van der Waals surface area contributed by atoms with Crippen LogP contribution in [0.3, 0.4) is 0 Å². The molecule has 0 amide bonds. The number of carboxylic acids is 2. The summed E-state index contributed by atoms with van der Waals surface area (Å²) in [5, 5.41) is 20.9. The summed E-state index contributed by atoms with van der Waals surface area (Å²) >= 11 is -2.71. The van der Waals surface area contributed by atoms with E-state index in [2.05, 4.69) is 0 Å². The van der Waals surface area contributed by atoms with Gasteiger partial charge in [0.15, 0.2) is 0 Å². The van der Waals surface area contributed by atoms with Gasteiger partial charge in [-0.1, -0.05) is 0 Å². The van der Waals surface area contributed by atoms with Gasteiger partial charge in [-0.2, -0.15) is 0 Å². The van der Waals surface area contributed by atoms with Crippen molar-refractivity contribution in [3.8, 4) is 0 Å². The van der Waals surface area contributed by atoms with Crippen LogP contribution in [0.5, 0.6) is 0 Å². The molecule has 0 aliphatic rings. The molecule has 1 unspecified atom stereocenters. The number of aromatic carboxylic acids is 2. The molecule has 1 aromatic carbocycles. The molecule has 0 spiro atoms.